The lowest BCUT2D eigenvalue weighted by Gasteiger charge is -2.12. The summed E-state index contributed by atoms with van der Waals surface area (Å²) in [6.45, 7) is 2.48. The molecule has 4 aromatic rings. The molecule has 2 heterocycles. The molecule has 0 saturated heterocycles. The molecule has 4 rings (SSSR count). The molecule has 162 valence electrons. The first-order valence-corrected chi connectivity index (χ1v) is 11.0. The molecule has 9 heteroatoms. The number of benzene rings is 2. The lowest BCUT2D eigenvalue weighted by atomic mass is 10.1. The number of hydrogen-bond donors (Lipinski definition) is 2. The van der Waals surface area contributed by atoms with Gasteiger partial charge in [-0.05, 0) is 55.5 Å². The van der Waals surface area contributed by atoms with Gasteiger partial charge in [0.2, 0.25) is 5.91 Å². The zero-order valence-corrected chi connectivity index (χ0v) is 18.1. The van der Waals surface area contributed by atoms with Crippen molar-refractivity contribution in [3.63, 3.8) is 0 Å². The van der Waals surface area contributed by atoms with E-state index in [9.17, 15) is 9.59 Å². The number of ether oxygens (including phenoxy) is 1. The van der Waals surface area contributed by atoms with Crippen LogP contribution < -0.4 is 15.4 Å². The van der Waals surface area contributed by atoms with Gasteiger partial charge in [-0.3, -0.25) is 14.0 Å². The second-order valence-corrected chi connectivity index (χ2v) is 7.65. The standard InChI is InChI=1S/C23H21N5O3S/c1-2-31-17-12-10-16(11-13-17)24-22(30)18-7-3-4-8-19(18)25-21(29)15-32-23-27-26-20-9-5-6-14-28(20)23/h3-14H,2,15H2,1H3,(H,24,30)(H,25,29). The van der Waals surface area contributed by atoms with Crippen LogP contribution in [0.15, 0.2) is 78.1 Å². The van der Waals surface area contributed by atoms with E-state index in [-0.39, 0.29) is 17.6 Å². The van der Waals surface area contributed by atoms with E-state index in [4.69, 9.17) is 4.74 Å². The maximum atomic E-state index is 12.8. The molecule has 0 unspecified atom stereocenters. The molecule has 0 fully saturated rings. The number of fused-ring (bicyclic) bond motifs is 1. The first kappa shape index (κ1) is 21.4. The fourth-order valence-electron chi connectivity index (χ4n) is 3.02. The van der Waals surface area contributed by atoms with Crippen molar-refractivity contribution in [1.82, 2.24) is 14.6 Å². The van der Waals surface area contributed by atoms with E-state index in [2.05, 4.69) is 20.8 Å². The summed E-state index contributed by atoms with van der Waals surface area (Å²) in [6, 6.07) is 19.6. The Balaban J connectivity index is 1.40. The zero-order chi connectivity index (χ0) is 22.3. The van der Waals surface area contributed by atoms with E-state index < -0.39 is 0 Å². The Labute approximate surface area is 189 Å². The van der Waals surface area contributed by atoms with Crippen molar-refractivity contribution in [2.45, 2.75) is 12.1 Å². The number of thioether (sulfide) groups is 1. The molecule has 0 aliphatic carbocycles. The summed E-state index contributed by atoms with van der Waals surface area (Å²) in [5, 5.41) is 14.5. The van der Waals surface area contributed by atoms with Gasteiger partial charge in [0.05, 0.1) is 23.6 Å². The molecule has 0 radical (unpaired) electrons. The second-order valence-electron chi connectivity index (χ2n) is 6.71. The van der Waals surface area contributed by atoms with Crippen LogP contribution in [0.2, 0.25) is 0 Å². The number of anilines is 2. The maximum Gasteiger partial charge on any atom is 0.257 e. The predicted molar refractivity (Wildman–Crippen MR) is 124 cm³/mol. The molecule has 0 aliphatic heterocycles. The molecule has 0 bridgehead atoms. The molecule has 2 aromatic heterocycles. The highest BCUT2D eigenvalue weighted by Crippen LogP contribution is 2.21. The average Bonchev–Trinajstić information content (AvgIpc) is 3.23. The Kier molecular flexibility index (Phi) is 6.66. The highest BCUT2D eigenvalue weighted by molar-refractivity contribution is 7.99. The average molecular weight is 448 g/mol. The molecule has 32 heavy (non-hydrogen) atoms. The number of nitrogens with zero attached hydrogens (tertiary/aromatic N) is 3. The van der Waals surface area contributed by atoms with Crippen LogP contribution in [0.1, 0.15) is 17.3 Å². The Hall–Kier alpha value is -3.85. The molecular weight excluding hydrogens is 426 g/mol. The Morgan fingerprint density at radius 3 is 2.56 bits per heavy atom. The van der Waals surface area contributed by atoms with Crippen LogP contribution in [-0.2, 0) is 4.79 Å². The zero-order valence-electron chi connectivity index (χ0n) is 17.3. The number of aromatic nitrogens is 3. The minimum atomic E-state index is -0.318. The molecule has 0 saturated carbocycles. The van der Waals surface area contributed by atoms with Crippen LogP contribution >= 0.6 is 11.8 Å². The first-order chi connectivity index (χ1) is 15.6. The minimum Gasteiger partial charge on any atom is -0.494 e. The van der Waals surface area contributed by atoms with Crippen LogP contribution in [0.4, 0.5) is 11.4 Å². The second kappa shape index (κ2) is 9.97. The van der Waals surface area contributed by atoms with E-state index in [1.807, 2.05) is 35.7 Å². The van der Waals surface area contributed by atoms with Gasteiger partial charge in [0, 0.05) is 11.9 Å². The maximum absolute atomic E-state index is 12.8. The topological polar surface area (TPSA) is 97.6 Å². The summed E-state index contributed by atoms with van der Waals surface area (Å²) in [5.41, 5.74) is 2.15. The highest BCUT2D eigenvalue weighted by atomic mass is 32.2. The largest absolute Gasteiger partial charge is 0.494 e. The van der Waals surface area contributed by atoms with Gasteiger partial charge in [-0.15, -0.1) is 10.2 Å². The third-order valence-corrected chi connectivity index (χ3v) is 5.43. The summed E-state index contributed by atoms with van der Waals surface area (Å²) in [4.78, 5) is 25.3. The van der Waals surface area contributed by atoms with Crippen molar-refractivity contribution in [2.24, 2.45) is 0 Å². The van der Waals surface area contributed by atoms with Crippen molar-refractivity contribution in [2.75, 3.05) is 23.0 Å². The lowest BCUT2D eigenvalue weighted by Crippen LogP contribution is -2.19. The highest BCUT2D eigenvalue weighted by Gasteiger charge is 2.15. The Morgan fingerprint density at radius 1 is 0.969 bits per heavy atom. The Bertz CT molecular complexity index is 1240. The lowest BCUT2D eigenvalue weighted by molar-refractivity contribution is -0.113. The number of carbonyl (C=O) groups excluding carboxylic acids is 2. The van der Waals surface area contributed by atoms with Gasteiger partial charge in [0.25, 0.3) is 5.91 Å². The smallest absolute Gasteiger partial charge is 0.257 e. The number of pyridine rings is 1. The number of nitrogens with one attached hydrogen (secondary N) is 2. The fraction of sp³-hybridized carbons (Fsp3) is 0.130. The normalized spacial score (nSPS) is 10.7. The van der Waals surface area contributed by atoms with Gasteiger partial charge < -0.3 is 15.4 Å². The summed E-state index contributed by atoms with van der Waals surface area (Å²) in [6.07, 6.45) is 1.84. The summed E-state index contributed by atoms with van der Waals surface area (Å²) in [5.74, 6) is 0.297. The van der Waals surface area contributed by atoms with E-state index in [0.717, 1.165) is 5.75 Å². The number of carbonyl (C=O) groups is 2. The van der Waals surface area contributed by atoms with Crippen LogP contribution in [0, 0.1) is 0 Å². The fourth-order valence-corrected chi connectivity index (χ4v) is 3.75. The molecule has 0 atom stereocenters. The third-order valence-electron chi connectivity index (χ3n) is 4.48. The van der Waals surface area contributed by atoms with Gasteiger partial charge in [-0.1, -0.05) is 30.0 Å². The van der Waals surface area contributed by atoms with Crippen LogP contribution in [-0.4, -0.2) is 38.8 Å². The van der Waals surface area contributed by atoms with Crippen molar-refractivity contribution >= 4 is 40.6 Å². The third kappa shape index (κ3) is 5.06. The van der Waals surface area contributed by atoms with E-state index in [1.54, 1.807) is 48.5 Å². The summed E-state index contributed by atoms with van der Waals surface area (Å²) in [7, 11) is 0. The minimum absolute atomic E-state index is 0.129. The first-order valence-electron chi connectivity index (χ1n) is 9.99. The van der Waals surface area contributed by atoms with Crippen molar-refractivity contribution < 1.29 is 14.3 Å². The number of amides is 2. The SMILES string of the molecule is CCOc1ccc(NC(=O)c2ccccc2NC(=O)CSc2nnc3ccccn23)cc1. The van der Waals surface area contributed by atoms with Crippen LogP contribution in [0.25, 0.3) is 5.65 Å². The van der Waals surface area contributed by atoms with Crippen LogP contribution in [0.5, 0.6) is 5.75 Å². The van der Waals surface area contributed by atoms with Gasteiger partial charge in [-0.2, -0.15) is 0 Å². The van der Waals surface area contributed by atoms with Crippen molar-refractivity contribution in [1.29, 1.82) is 0 Å². The molecule has 2 N–H and O–H groups in total. The molecule has 0 aliphatic rings. The van der Waals surface area contributed by atoms with Gasteiger partial charge in [0.1, 0.15) is 5.75 Å². The molecule has 2 aromatic carbocycles. The predicted octanol–water partition coefficient (Wildman–Crippen LogP) is 4.11. The number of para-hydroxylation sites is 1. The van der Waals surface area contributed by atoms with Gasteiger partial charge in [-0.25, -0.2) is 0 Å². The molecule has 2 amide bonds. The molecule has 8 nitrogen and oxygen atoms in total. The van der Waals surface area contributed by atoms with Gasteiger partial charge in [0.15, 0.2) is 10.8 Å². The van der Waals surface area contributed by atoms with Gasteiger partial charge >= 0.3 is 0 Å². The monoisotopic (exact) mass is 447 g/mol. The van der Waals surface area contributed by atoms with Crippen molar-refractivity contribution in [3.05, 3.63) is 78.5 Å². The number of hydrogen-bond acceptors (Lipinski definition) is 6. The Morgan fingerprint density at radius 2 is 1.75 bits per heavy atom. The summed E-state index contributed by atoms with van der Waals surface area (Å²) < 4.78 is 7.23. The van der Waals surface area contributed by atoms with Crippen LogP contribution in [0.3, 0.4) is 0 Å². The quantitative estimate of drug-likeness (QED) is 0.395. The van der Waals surface area contributed by atoms with E-state index in [0.29, 0.717) is 34.3 Å². The number of rotatable bonds is 8. The molecular formula is C23H21N5O3S. The van der Waals surface area contributed by atoms with E-state index >= 15 is 0 Å². The summed E-state index contributed by atoms with van der Waals surface area (Å²) >= 11 is 1.27. The van der Waals surface area contributed by atoms with Crippen molar-refractivity contribution in [3.8, 4) is 5.75 Å². The molecule has 0 spiro atoms. The van der Waals surface area contributed by atoms with E-state index in [1.165, 1.54) is 11.8 Å².